The van der Waals surface area contributed by atoms with Gasteiger partial charge in [0.2, 0.25) is 0 Å². The molecule has 0 atom stereocenters. The van der Waals surface area contributed by atoms with E-state index in [0.717, 1.165) is 16.7 Å². The smallest absolute Gasteiger partial charge is 0.257 e. The number of carbonyl (C=O) groups is 1. The first-order chi connectivity index (χ1) is 10.1. The van der Waals surface area contributed by atoms with E-state index >= 15 is 0 Å². The standard InChI is InChI=1S/C16H17BrN2O2/c1-3-18-15-7-5-4-6-14(15)16(20)19-12-8-11(17)9-13(10-12)21-2/h4-10,18H,3H2,1-2H3,(H,19,20). The van der Waals surface area contributed by atoms with E-state index < -0.39 is 0 Å². The number of carbonyl (C=O) groups excluding carboxylic acids is 1. The van der Waals surface area contributed by atoms with E-state index in [1.807, 2.05) is 37.3 Å². The zero-order valence-corrected chi connectivity index (χ0v) is 13.5. The Kier molecular flexibility index (Phi) is 5.22. The molecule has 0 aliphatic rings. The van der Waals surface area contributed by atoms with Crippen LogP contribution in [0.15, 0.2) is 46.9 Å². The van der Waals surface area contributed by atoms with Crippen LogP contribution in [0.2, 0.25) is 0 Å². The second kappa shape index (κ2) is 7.13. The van der Waals surface area contributed by atoms with Crippen molar-refractivity contribution in [3.63, 3.8) is 0 Å². The Balaban J connectivity index is 2.24. The van der Waals surface area contributed by atoms with Gasteiger partial charge in [0.15, 0.2) is 0 Å². The number of methoxy groups -OCH3 is 1. The van der Waals surface area contributed by atoms with Gasteiger partial charge in [-0.3, -0.25) is 4.79 Å². The van der Waals surface area contributed by atoms with E-state index in [1.165, 1.54) is 0 Å². The molecule has 0 heterocycles. The third-order valence-corrected chi connectivity index (χ3v) is 3.36. The first-order valence-corrected chi connectivity index (χ1v) is 7.42. The summed E-state index contributed by atoms with van der Waals surface area (Å²) in [5.74, 6) is 0.520. The molecule has 0 saturated heterocycles. The molecule has 2 rings (SSSR count). The third kappa shape index (κ3) is 3.98. The van der Waals surface area contributed by atoms with Gasteiger partial charge < -0.3 is 15.4 Å². The number of hydrogen-bond acceptors (Lipinski definition) is 3. The number of halogens is 1. The molecule has 1 amide bonds. The van der Waals surface area contributed by atoms with Gasteiger partial charge in [-0.2, -0.15) is 0 Å². The topological polar surface area (TPSA) is 50.4 Å². The van der Waals surface area contributed by atoms with Crippen molar-refractivity contribution in [2.45, 2.75) is 6.92 Å². The molecule has 0 unspecified atom stereocenters. The second-order valence-corrected chi connectivity index (χ2v) is 5.33. The molecule has 0 fully saturated rings. The van der Waals surface area contributed by atoms with E-state index in [1.54, 1.807) is 19.2 Å². The highest BCUT2D eigenvalue weighted by molar-refractivity contribution is 9.10. The van der Waals surface area contributed by atoms with Gasteiger partial charge in [-0.1, -0.05) is 28.1 Å². The number of rotatable bonds is 5. The molecule has 0 aliphatic carbocycles. The summed E-state index contributed by atoms with van der Waals surface area (Å²) in [6, 6.07) is 12.9. The van der Waals surface area contributed by atoms with Crippen LogP contribution < -0.4 is 15.4 Å². The van der Waals surface area contributed by atoms with Crippen LogP contribution in [0.3, 0.4) is 0 Å². The van der Waals surface area contributed by atoms with Gasteiger partial charge in [-0.25, -0.2) is 0 Å². The highest BCUT2D eigenvalue weighted by Crippen LogP contribution is 2.25. The Morgan fingerprint density at radius 3 is 2.71 bits per heavy atom. The maximum absolute atomic E-state index is 12.4. The quantitative estimate of drug-likeness (QED) is 0.853. The van der Waals surface area contributed by atoms with E-state index in [4.69, 9.17) is 4.74 Å². The molecule has 0 spiro atoms. The number of benzene rings is 2. The van der Waals surface area contributed by atoms with Gasteiger partial charge in [0, 0.05) is 28.5 Å². The second-order valence-electron chi connectivity index (χ2n) is 4.41. The number of hydrogen-bond donors (Lipinski definition) is 2. The molecule has 0 aliphatic heterocycles. The van der Waals surface area contributed by atoms with Crippen LogP contribution in [-0.4, -0.2) is 19.6 Å². The van der Waals surface area contributed by atoms with Crippen molar-refractivity contribution in [2.24, 2.45) is 0 Å². The fourth-order valence-electron chi connectivity index (χ4n) is 1.98. The lowest BCUT2D eigenvalue weighted by Crippen LogP contribution is -2.14. The minimum Gasteiger partial charge on any atom is -0.497 e. The molecule has 0 saturated carbocycles. The number of nitrogens with one attached hydrogen (secondary N) is 2. The molecular weight excluding hydrogens is 332 g/mol. The van der Waals surface area contributed by atoms with Crippen molar-refractivity contribution in [2.75, 3.05) is 24.3 Å². The van der Waals surface area contributed by atoms with Crippen molar-refractivity contribution >= 4 is 33.2 Å². The van der Waals surface area contributed by atoms with Crippen molar-refractivity contribution < 1.29 is 9.53 Å². The van der Waals surface area contributed by atoms with E-state index in [2.05, 4.69) is 26.6 Å². The van der Waals surface area contributed by atoms with Gasteiger partial charge in [0.1, 0.15) is 5.75 Å². The summed E-state index contributed by atoms with van der Waals surface area (Å²) >= 11 is 3.40. The van der Waals surface area contributed by atoms with Crippen molar-refractivity contribution in [3.8, 4) is 5.75 Å². The number of anilines is 2. The fraction of sp³-hybridized carbons (Fsp3) is 0.188. The molecule has 2 N–H and O–H groups in total. The van der Waals surface area contributed by atoms with Crippen LogP contribution in [-0.2, 0) is 0 Å². The number of para-hydroxylation sites is 1. The molecule has 110 valence electrons. The Hall–Kier alpha value is -2.01. The van der Waals surface area contributed by atoms with Gasteiger partial charge in [-0.05, 0) is 31.2 Å². The first kappa shape index (κ1) is 15.4. The maximum Gasteiger partial charge on any atom is 0.257 e. The Bertz CT molecular complexity index is 644. The zero-order chi connectivity index (χ0) is 15.2. The number of ether oxygens (including phenoxy) is 1. The molecule has 0 bridgehead atoms. The van der Waals surface area contributed by atoms with Gasteiger partial charge >= 0.3 is 0 Å². The molecular formula is C16H17BrN2O2. The highest BCUT2D eigenvalue weighted by atomic mass is 79.9. The van der Waals surface area contributed by atoms with E-state index in [0.29, 0.717) is 17.0 Å². The Morgan fingerprint density at radius 2 is 2.00 bits per heavy atom. The lowest BCUT2D eigenvalue weighted by Gasteiger charge is -2.12. The van der Waals surface area contributed by atoms with Crippen molar-refractivity contribution in [1.29, 1.82) is 0 Å². The van der Waals surface area contributed by atoms with Gasteiger partial charge in [0.05, 0.1) is 12.7 Å². The van der Waals surface area contributed by atoms with Crippen LogP contribution in [0.5, 0.6) is 5.75 Å². The van der Waals surface area contributed by atoms with Gasteiger partial charge in [-0.15, -0.1) is 0 Å². The summed E-state index contributed by atoms with van der Waals surface area (Å²) in [6.45, 7) is 2.75. The molecule has 2 aromatic rings. The molecule has 0 radical (unpaired) electrons. The van der Waals surface area contributed by atoms with Crippen molar-refractivity contribution in [1.82, 2.24) is 0 Å². The molecule has 4 nitrogen and oxygen atoms in total. The first-order valence-electron chi connectivity index (χ1n) is 6.63. The summed E-state index contributed by atoms with van der Waals surface area (Å²) in [5, 5.41) is 6.07. The van der Waals surface area contributed by atoms with Crippen LogP contribution in [0.25, 0.3) is 0 Å². The average Bonchev–Trinajstić information content (AvgIpc) is 2.47. The lowest BCUT2D eigenvalue weighted by molar-refractivity contribution is 0.102. The summed E-state index contributed by atoms with van der Waals surface area (Å²) in [6.07, 6.45) is 0. The molecule has 0 aromatic heterocycles. The van der Waals surface area contributed by atoms with Crippen molar-refractivity contribution in [3.05, 3.63) is 52.5 Å². The summed E-state index contributed by atoms with van der Waals surface area (Å²) < 4.78 is 6.04. The van der Waals surface area contributed by atoms with E-state index in [-0.39, 0.29) is 5.91 Å². The maximum atomic E-state index is 12.4. The lowest BCUT2D eigenvalue weighted by atomic mass is 10.1. The zero-order valence-electron chi connectivity index (χ0n) is 11.9. The van der Waals surface area contributed by atoms with E-state index in [9.17, 15) is 4.79 Å². The predicted octanol–water partition coefficient (Wildman–Crippen LogP) is 4.14. The summed E-state index contributed by atoms with van der Waals surface area (Å²) in [7, 11) is 1.59. The fourth-order valence-corrected chi connectivity index (χ4v) is 2.45. The van der Waals surface area contributed by atoms with Crippen LogP contribution in [0.4, 0.5) is 11.4 Å². The number of amides is 1. The predicted molar refractivity (Wildman–Crippen MR) is 89.3 cm³/mol. The third-order valence-electron chi connectivity index (χ3n) is 2.90. The minimum absolute atomic E-state index is 0.160. The SMILES string of the molecule is CCNc1ccccc1C(=O)Nc1cc(Br)cc(OC)c1. The van der Waals surface area contributed by atoms with Gasteiger partial charge in [0.25, 0.3) is 5.91 Å². The highest BCUT2D eigenvalue weighted by Gasteiger charge is 2.11. The molecule has 21 heavy (non-hydrogen) atoms. The summed E-state index contributed by atoms with van der Waals surface area (Å²) in [5.41, 5.74) is 2.11. The molecule has 2 aromatic carbocycles. The van der Waals surface area contributed by atoms with Crippen LogP contribution >= 0.6 is 15.9 Å². The monoisotopic (exact) mass is 348 g/mol. The summed E-state index contributed by atoms with van der Waals surface area (Å²) in [4.78, 5) is 12.4. The average molecular weight is 349 g/mol. The minimum atomic E-state index is -0.160. The van der Waals surface area contributed by atoms with Crippen LogP contribution in [0.1, 0.15) is 17.3 Å². The molecule has 5 heteroatoms. The Morgan fingerprint density at radius 1 is 1.24 bits per heavy atom. The van der Waals surface area contributed by atoms with Crippen LogP contribution in [0, 0.1) is 0 Å². The normalized spacial score (nSPS) is 10.0. The Labute approximate surface area is 132 Å². The largest absolute Gasteiger partial charge is 0.497 e.